The van der Waals surface area contributed by atoms with Gasteiger partial charge >= 0.3 is 0 Å². The van der Waals surface area contributed by atoms with Crippen molar-refractivity contribution >= 4 is 15.6 Å². The van der Waals surface area contributed by atoms with Gasteiger partial charge in [-0.25, -0.2) is 8.42 Å². The molecule has 0 radical (unpaired) electrons. The molecular formula is C17H24O3S. The maximum absolute atomic E-state index is 12.6. The SMILES string of the molecule is Cc1ccc(C(=O)C(C)S(=O)(=O)C2CCCCC2)cc1C. The first-order valence-corrected chi connectivity index (χ1v) is 9.29. The average Bonchev–Trinajstić information content (AvgIpc) is 2.49. The molecule has 1 aromatic rings. The summed E-state index contributed by atoms with van der Waals surface area (Å²) in [6, 6.07) is 5.41. The van der Waals surface area contributed by atoms with Crippen LogP contribution in [0.2, 0.25) is 0 Å². The van der Waals surface area contributed by atoms with Crippen LogP contribution in [0.1, 0.15) is 60.5 Å². The van der Waals surface area contributed by atoms with Gasteiger partial charge in [-0.2, -0.15) is 0 Å². The molecule has 1 aliphatic rings. The van der Waals surface area contributed by atoms with Gasteiger partial charge in [-0.3, -0.25) is 4.79 Å². The second kappa shape index (κ2) is 6.30. The number of hydrogen-bond acceptors (Lipinski definition) is 3. The molecule has 21 heavy (non-hydrogen) atoms. The molecule has 0 bridgehead atoms. The highest BCUT2D eigenvalue weighted by Gasteiger charge is 2.36. The average molecular weight is 308 g/mol. The second-order valence-corrected chi connectivity index (χ2v) is 8.71. The van der Waals surface area contributed by atoms with Crippen LogP contribution in [0.15, 0.2) is 18.2 Å². The zero-order chi connectivity index (χ0) is 15.6. The maximum Gasteiger partial charge on any atom is 0.180 e. The first kappa shape index (κ1) is 16.2. The van der Waals surface area contributed by atoms with E-state index in [1.54, 1.807) is 19.1 Å². The molecule has 1 aromatic carbocycles. The van der Waals surface area contributed by atoms with Crippen molar-refractivity contribution in [2.24, 2.45) is 0 Å². The highest BCUT2D eigenvalue weighted by Crippen LogP contribution is 2.27. The lowest BCUT2D eigenvalue weighted by molar-refractivity contribution is 0.0991. The lowest BCUT2D eigenvalue weighted by Gasteiger charge is -2.24. The van der Waals surface area contributed by atoms with Crippen molar-refractivity contribution in [1.29, 1.82) is 0 Å². The van der Waals surface area contributed by atoms with Gasteiger partial charge < -0.3 is 0 Å². The summed E-state index contributed by atoms with van der Waals surface area (Å²) in [5.74, 6) is -0.274. The number of benzene rings is 1. The molecule has 0 aliphatic heterocycles. The van der Waals surface area contributed by atoms with E-state index in [-0.39, 0.29) is 11.0 Å². The summed E-state index contributed by atoms with van der Waals surface area (Å²) < 4.78 is 25.3. The number of aryl methyl sites for hydroxylation is 2. The van der Waals surface area contributed by atoms with Gasteiger partial charge in [0.15, 0.2) is 15.6 Å². The van der Waals surface area contributed by atoms with Crippen LogP contribution in [0.5, 0.6) is 0 Å². The Labute approximate surface area is 127 Å². The fourth-order valence-corrected chi connectivity index (χ4v) is 4.96. The summed E-state index contributed by atoms with van der Waals surface area (Å²) in [6.07, 6.45) is 4.41. The smallest absolute Gasteiger partial charge is 0.180 e. The van der Waals surface area contributed by atoms with Crippen molar-refractivity contribution in [3.05, 3.63) is 34.9 Å². The summed E-state index contributed by atoms with van der Waals surface area (Å²) in [4.78, 5) is 12.5. The van der Waals surface area contributed by atoms with Gasteiger partial charge in [-0.15, -0.1) is 0 Å². The minimum absolute atomic E-state index is 0.274. The van der Waals surface area contributed by atoms with Crippen molar-refractivity contribution in [3.8, 4) is 0 Å². The highest BCUT2D eigenvalue weighted by molar-refractivity contribution is 7.93. The Morgan fingerprint density at radius 1 is 1.10 bits per heavy atom. The van der Waals surface area contributed by atoms with Crippen molar-refractivity contribution in [2.45, 2.75) is 63.4 Å². The van der Waals surface area contributed by atoms with E-state index in [1.165, 1.54) is 0 Å². The van der Waals surface area contributed by atoms with Gasteiger partial charge in [0.05, 0.1) is 5.25 Å². The molecule has 1 saturated carbocycles. The molecule has 0 N–H and O–H groups in total. The monoisotopic (exact) mass is 308 g/mol. The molecular weight excluding hydrogens is 284 g/mol. The minimum atomic E-state index is -3.38. The number of ketones is 1. The zero-order valence-corrected chi connectivity index (χ0v) is 13.9. The minimum Gasteiger partial charge on any atom is -0.293 e. The van der Waals surface area contributed by atoms with Crippen molar-refractivity contribution < 1.29 is 13.2 Å². The van der Waals surface area contributed by atoms with Crippen LogP contribution in [0, 0.1) is 13.8 Å². The molecule has 0 spiro atoms. The predicted molar refractivity (Wildman–Crippen MR) is 85.5 cm³/mol. The summed E-state index contributed by atoms with van der Waals surface area (Å²) in [5.41, 5.74) is 2.63. The van der Waals surface area contributed by atoms with Gasteiger partial charge in [0.1, 0.15) is 5.25 Å². The van der Waals surface area contributed by atoms with Crippen LogP contribution >= 0.6 is 0 Å². The molecule has 116 valence electrons. The van der Waals surface area contributed by atoms with E-state index >= 15 is 0 Å². The standard InChI is InChI=1S/C17H24O3S/c1-12-9-10-15(11-13(12)2)17(18)14(3)21(19,20)16-7-5-4-6-8-16/h9-11,14,16H,4-8H2,1-3H3. The zero-order valence-electron chi connectivity index (χ0n) is 13.1. The third-order valence-corrected chi connectivity index (χ3v) is 7.27. The van der Waals surface area contributed by atoms with Crippen LogP contribution in [-0.2, 0) is 9.84 Å². The third-order valence-electron chi connectivity index (χ3n) is 4.67. The van der Waals surface area contributed by atoms with E-state index in [0.717, 1.165) is 30.4 Å². The molecule has 0 aromatic heterocycles. The van der Waals surface area contributed by atoms with Crippen molar-refractivity contribution in [3.63, 3.8) is 0 Å². The van der Waals surface area contributed by atoms with E-state index in [4.69, 9.17) is 0 Å². The Morgan fingerprint density at radius 3 is 2.29 bits per heavy atom. The van der Waals surface area contributed by atoms with E-state index in [2.05, 4.69) is 0 Å². The number of rotatable bonds is 4. The van der Waals surface area contributed by atoms with Crippen molar-refractivity contribution in [1.82, 2.24) is 0 Å². The van der Waals surface area contributed by atoms with Gasteiger partial charge in [0.25, 0.3) is 0 Å². The number of sulfone groups is 1. The van der Waals surface area contributed by atoms with Gasteiger partial charge in [-0.05, 0) is 50.8 Å². The summed E-state index contributed by atoms with van der Waals surface area (Å²) in [6.45, 7) is 5.46. The largest absolute Gasteiger partial charge is 0.293 e. The van der Waals surface area contributed by atoms with Crippen molar-refractivity contribution in [2.75, 3.05) is 0 Å². The lowest BCUT2D eigenvalue weighted by Crippen LogP contribution is -2.36. The fraction of sp³-hybridized carbons (Fsp3) is 0.588. The lowest BCUT2D eigenvalue weighted by atomic mass is 10.0. The quantitative estimate of drug-likeness (QED) is 0.798. The van der Waals surface area contributed by atoms with Crippen LogP contribution in [0.4, 0.5) is 0 Å². The summed E-state index contributed by atoms with van der Waals surface area (Å²) in [7, 11) is -3.38. The molecule has 1 unspecified atom stereocenters. The van der Waals surface area contributed by atoms with Gasteiger partial charge in [0.2, 0.25) is 0 Å². The third kappa shape index (κ3) is 3.37. The Kier molecular flexibility index (Phi) is 4.87. The topological polar surface area (TPSA) is 51.2 Å². The number of hydrogen-bond donors (Lipinski definition) is 0. The Balaban J connectivity index is 2.23. The summed E-state index contributed by atoms with van der Waals surface area (Å²) >= 11 is 0. The summed E-state index contributed by atoms with van der Waals surface area (Å²) in [5, 5.41) is -1.28. The molecule has 4 heteroatoms. The first-order chi connectivity index (χ1) is 9.84. The number of carbonyl (C=O) groups excluding carboxylic acids is 1. The van der Waals surface area contributed by atoms with Crippen LogP contribution in [0.3, 0.4) is 0 Å². The molecule has 3 nitrogen and oxygen atoms in total. The Morgan fingerprint density at radius 2 is 1.71 bits per heavy atom. The van der Waals surface area contributed by atoms with E-state index in [1.807, 2.05) is 19.9 Å². The molecule has 2 rings (SSSR count). The van der Waals surface area contributed by atoms with Crippen LogP contribution in [-0.4, -0.2) is 24.7 Å². The van der Waals surface area contributed by atoms with E-state index in [0.29, 0.717) is 18.4 Å². The molecule has 0 saturated heterocycles. The predicted octanol–water partition coefficient (Wildman–Crippen LogP) is 3.62. The van der Waals surface area contributed by atoms with Gasteiger partial charge in [0, 0.05) is 5.56 Å². The van der Waals surface area contributed by atoms with E-state index in [9.17, 15) is 13.2 Å². The molecule has 0 amide bonds. The Bertz CT molecular complexity index is 625. The van der Waals surface area contributed by atoms with E-state index < -0.39 is 15.1 Å². The Hall–Kier alpha value is -1.16. The number of carbonyl (C=O) groups is 1. The first-order valence-electron chi connectivity index (χ1n) is 7.68. The molecule has 1 atom stereocenters. The maximum atomic E-state index is 12.6. The fourth-order valence-electron chi connectivity index (χ4n) is 2.96. The molecule has 0 heterocycles. The van der Waals surface area contributed by atoms with Gasteiger partial charge in [-0.1, -0.05) is 31.4 Å². The number of Topliss-reactive ketones (excluding diaryl/α,β-unsaturated/α-hetero) is 1. The molecule has 1 aliphatic carbocycles. The second-order valence-electron chi connectivity index (χ2n) is 6.15. The highest BCUT2D eigenvalue weighted by atomic mass is 32.2. The molecule has 1 fully saturated rings. The van der Waals surface area contributed by atoms with Crippen LogP contribution < -0.4 is 0 Å². The normalized spacial score (nSPS) is 18.4. The van der Waals surface area contributed by atoms with Crippen LogP contribution in [0.25, 0.3) is 0 Å².